The van der Waals surface area contributed by atoms with Crippen molar-refractivity contribution in [2.24, 2.45) is 5.92 Å². The molecule has 1 amide bonds. The molecule has 1 aliphatic rings. The molecule has 0 radical (unpaired) electrons. The van der Waals surface area contributed by atoms with Crippen molar-refractivity contribution >= 4 is 5.91 Å². The number of hydrogen-bond acceptors (Lipinski definition) is 3. The van der Waals surface area contributed by atoms with Gasteiger partial charge in [-0.3, -0.25) is 9.69 Å². The molecule has 0 aliphatic carbocycles. The van der Waals surface area contributed by atoms with E-state index in [-0.39, 0.29) is 18.1 Å². The lowest BCUT2D eigenvalue weighted by molar-refractivity contribution is -0.130. The van der Waals surface area contributed by atoms with Crippen LogP contribution in [0.25, 0.3) is 0 Å². The number of ether oxygens (including phenoxy) is 1. The number of likely N-dealkylation sites (tertiary alicyclic amines) is 1. The predicted octanol–water partition coefficient (Wildman–Crippen LogP) is 1.66. The second-order valence-corrected chi connectivity index (χ2v) is 5.65. The van der Waals surface area contributed by atoms with Gasteiger partial charge in [0, 0.05) is 32.8 Å². The third-order valence-corrected chi connectivity index (χ3v) is 3.99. The van der Waals surface area contributed by atoms with Crippen LogP contribution in [-0.2, 0) is 16.1 Å². The highest BCUT2D eigenvalue weighted by molar-refractivity contribution is 5.80. The fourth-order valence-electron chi connectivity index (χ4n) is 2.63. The van der Waals surface area contributed by atoms with E-state index in [1.807, 2.05) is 6.07 Å². The van der Waals surface area contributed by atoms with Crippen LogP contribution in [-0.4, -0.2) is 43.2 Å². The van der Waals surface area contributed by atoms with Crippen molar-refractivity contribution in [2.45, 2.75) is 32.5 Å². The second kappa shape index (κ2) is 6.86. The van der Waals surface area contributed by atoms with E-state index in [9.17, 15) is 4.79 Å². The summed E-state index contributed by atoms with van der Waals surface area (Å²) in [4.78, 5) is 14.3. The number of methoxy groups -OCH3 is 1. The molecule has 0 bridgehead atoms. The molecule has 3 unspecified atom stereocenters. The number of amides is 1. The summed E-state index contributed by atoms with van der Waals surface area (Å²) in [6.07, 6.45) is -0.384. The van der Waals surface area contributed by atoms with E-state index in [2.05, 4.69) is 41.4 Å². The van der Waals surface area contributed by atoms with Crippen molar-refractivity contribution < 1.29 is 9.53 Å². The van der Waals surface area contributed by atoms with E-state index >= 15 is 0 Å². The summed E-state index contributed by atoms with van der Waals surface area (Å²) >= 11 is 0. The van der Waals surface area contributed by atoms with Crippen LogP contribution in [0.2, 0.25) is 0 Å². The summed E-state index contributed by atoms with van der Waals surface area (Å²) in [7, 11) is 1.56. The number of rotatable bonds is 5. The van der Waals surface area contributed by atoms with Crippen molar-refractivity contribution in [3.8, 4) is 0 Å². The van der Waals surface area contributed by atoms with Crippen molar-refractivity contribution in [1.29, 1.82) is 0 Å². The average Bonchev–Trinajstić information content (AvgIpc) is 2.78. The lowest BCUT2D eigenvalue weighted by atomic mass is 10.1. The van der Waals surface area contributed by atoms with E-state index in [4.69, 9.17) is 4.74 Å². The van der Waals surface area contributed by atoms with Gasteiger partial charge in [0.15, 0.2) is 0 Å². The summed E-state index contributed by atoms with van der Waals surface area (Å²) in [6, 6.07) is 10.7. The number of benzene rings is 1. The highest BCUT2D eigenvalue weighted by Crippen LogP contribution is 2.19. The van der Waals surface area contributed by atoms with Gasteiger partial charge in [-0.2, -0.15) is 0 Å². The van der Waals surface area contributed by atoms with Gasteiger partial charge in [-0.15, -0.1) is 0 Å². The number of nitrogens with zero attached hydrogens (tertiary/aromatic N) is 1. The molecule has 1 heterocycles. The third-order valence-electron chi connectivity index (χ3n) is 3.99. The lowest BCUT2D eigenvalue weighted by Gasteiger charge is -2.19. The minimum atomic E-state index is -0.384. The molecule has 1 aromatic carbocycles. The molecule has 1 N–H and O–H groups in total. The summed E-state index contributed by atoms with van der Waals surface area (Å²) in [6.45, 7) is 6.82. The number of hydrogen-bond donors (Lipinski definition) is 1. The van der Waals surface area contributed by atoms with Gasteiger partial charge >= 0.3 is 0 Å². The Bertz CT molecular complexity index is 435. The summed E-state index contributed by atoms with van der Waals surface area (Å²) in [5.41, 5.74) is 1.32. The van der Waals surface area contributed by atoms with Crippen LogP contribution in [0.4, 0.5) is 0 Å². The van der Waals surface area contributed by atoms with Crippen molar-refractivity contribution in [1.82, 2.24) is 10.2 Å². The Hall–Kier alpha value is -1.39. The van der Waals surface area contributed by atoms with Gasteiger partial charge in [-0.05, 0) is 18.4 Å². The van der Waals surface area contributed by atoms with E-state index in [1.54, 1.807) is 14.0 Å². The van der Waals surface area contributed by atoms with Gasteiger partial charge in [-0.25, -0.2) is 0 Å². The summed E-state index contributed by atoms with van der Waals surface area (Å²) in [5.74, 6) is 0.442. The Balaban J connectivity index is 1.87. The molecule has 0 aromatic heterocycles. The highest BCUT2D eigenvalue weighted by atomic mass is 16.5. The smallest absolute Gasteiger partial charge is 0.249 e. The van der Waals surface area contributed by atoms with Gasteiger partial charge in [0.1, 0.15) is 6.10 Å². The molecule has 1 fully saturated rings. The maximum Gasteiger partial charge on any atom is 0.249 e. The quantitative estimate of drug-likeness (QED) is 0.889. The first-order valence-electron chi connectivity index (χ1n) is 7.19. The molecular formula is C16H24N2O2. The third kappa shape index (κ3) is 3.81. The van der Waals surface area contributed by atoms with Gasteiger partial charge in [-0.1, -0.05) is 37.3 Å². The first kappa shape index (κ1) is 15.0. The highest BCUT2D eigenvalue weighted by Gasteiger charge is 2.31. The minimum absolute atomic E-state index is 0.0223. The fraction of sp³-hybridized carbons (Fsp3) is 0.562. The zero-order chi connectivity index (χ0) is 14.5. The molecule has 4 heteroatoms. The molecule has 2 rings (SSSR count). The van der Waals surface area contributed by atoms with E-state index in [0.29, 0.717) is 5.92 Å². The SMILES string of the molecule is COC(C)C(=O)NC1CN(Cc2ccccc2)CC1C. The zero-order valence-corrected chi connectivity index (χ0v) is 12.5. The number of nitrogens with one attached hydrogen (secondary N) is 1. The number of carbonyl (C=O) groups excluding carboxylic acids is 1. The molecule has 4 nitrogen and oxygen atoms in total. The van der Waals surface area contributed by atoms with E-state index in [0.717, 1.165) is 19.6 Å². The van der Waals surface area contributed by atoms with Crippen molar-refractivity contribution in [3.63, 3.8) is 0 Å². The Morgan fingerprint density at radius 3 is 2.75 bits per heavy atom. The maximum atomic E-state index is 11.9. The zero-order valence-electron chi connectivity index (χ0n) is 12.5. The second-order valence-electron chi connectivity index (χ2n) is 5.65. The minimum Gasteiger partial charge on any atom is -0.372 e. The molecular weight excluding hydrogens is 252 g/mol. The van der Waals surface area contributed by atoms with Crippen LogP contribution in [0, 0.1) is 5.92 Å². The van der Waals surface area contributed by atoms with Crippen LogP contribution >= 0.6 is 0 Å². The maximum absolute atomic E-state index is 11.9. The summed E-state index contributed by atoms with van der Waals surface area (Å²) < 4.78 is 5.05. The standard InChI is InChI=1S/C16H24N2O2/c1-12-9-18(10-14-7-5-4-6-8-14)11-15(12)17-16(19)13(2)20-3/h4-8,12-13,15H,9-11H2,1-3H3,(H,17,19). The van der Waals surface area contributed by atoms with Crippen LogP contribution < -0.4 is 5.32 Å². The Morgan fingerprint density at radius 2 is 2.10 bits per heavy atom. The van der Waals surface area contributed by atoms with Gasteiger partial charge in [0.2, 0.25) is 5.91 Å². The van der Waals surface area contributed by atoms with Gasteiger partial charge in [0.05, 0.1) is 0 Å². The fourth-order valence-corrected chi connectivity index (χ4v) is 2.63. The topological polar surface area (TPSA) is 41.6 Å². The molecule has 110 valence electrons. The average molecular weight is 276 g/mol. The molecule has 0 spiro atoms. The molecule has 0 saturated carbocycles. The normalized spacial score (nSPS) is 24.6. The van der Waals surface area contributed by atoms with Crippen molar-refractivity contribution in [3.05, 3.63) is 35.9 Å². The molecule has 1 aromatic rings. The van der Waals surface area contributed by atoms with E-state index in [1.165, 1.54) is 5.56 Å². The van der Waals surface area contributed by atoms with Gasteiger partial charge in [0.25, 0.3) is 0 Å². The van der Waals surface area contributed by atoms with Gasteiger partial charge < -0.3 is 10.1 Å². The van der Waals surface area contributed by atoms with Crippen LogP contribution in [0.15, 0.2) is 30.3 Å². The van der Waals surface area contributed by atoms with Crippen molar-refractivity contribution in [2.75, 3.05) is 20.2 Å². The first-order valence-corrected chi connectivity index (χ1v) is 7.19. The van der Waals surface area contributed by atoms with Crippen LogP contribution in [0.1, 0.15) is 19.4 Å². The molecule has 1 aliphatic heterocycles. The Morgan fingerprint density at radius 1 is 1.40 bits per heavy atom. The van der Waals surface area contributed by atoms with Crippen LogP contribution in [0.3, 0.4) is 0 Å². The largest absolute Gasteiger partial charge is 0.372 e. The Kier molecular flexibility index (Phi) is 5.15. The predicted molar refractivity (Wildman–Crippen MR) is 79.3 cm³/mol. The number of carbonyl (C=O) groups is 1. The van der Waals surface area contributed by atoms with E-state index < -0.39 is 0 Å². The Labute approximate surface area is 121 Å². The van der Waals surface area contributed by atoms with Crippen LogP contribution in [0.5, 0.6) is 0 Å². The monoisotopic (exact) mass is 276 g/mol. The molecule has 3 atom stereocenters. The lowest BCUT2D eigenvalue weighted by Crippen LogP contribution is -2.44. The first-order chi connectivity index (χ1) is 9.60. The summed E-state index contributed by atoms with van der Waals surface area (Å²) in [5, 5.41) is 3.09. The molecule has 1 saturated heterocycles. The molecule has 20 heavy (non-hydrogen) atoms.